The largest absolute Gasteiger partial charge is 0.390 e. The highest BCUT2D eigenvalue weighted by Gasteiger charge is 2.35. The summed E-state index contributed by atoms with van der Waals surface area (Å²) in [6, 6.07) is 0. The number of azide groups is 1. The number of nitrogens with one attached hydrogen (secondary N) is 1. The second kappa shape index (κ2) is 5.92. The normalized spacial score (nSPS) is 24.6. The molecule has 0 aromatic carbocycles. The van der Waals surface area contributed by atoms with E-state index in [0.717, 1.165) is 10.8 Å². The third-order valence-corrected chi connectivity index (χ3v) is 3.19. The zero-order valence-corrected chi connectivity index (χ0v) is 11.1. The molecule has 1 aliphatic rings. The van der Waals surface area contributed by atoms with Gasteiger partial charge in [0, 0.05) is 17.5 Å². The van der Waals surface area contributed by atoms with Crippen molar-refractivity contribution in [2.24, 2.45) is 5.11 Å². The molecule has 1 fully saturated rings. The van der Waals surface area contributed by atoms with Crippen LogP contribution in [0.3, 0.4) is 0 Å². The van der Waals surface area contributed by atoms with Crippen LogP contribution in [0.25, 0.3) is 10.4 Å². The summed E-state index contributed by atoms with van der Waals surface area (Å²) in [7, 11) is 0. The van der Waals surface area contributed by atoms with Crippen LogP contribution < -0.4 is 11.2 Å². The number of aliphatic hydroxyl groups excluding tert-OH is 1. The first kappa shape index (κ1) is 15.0. The van der Waals surface area contributed by atoms with Crippen molar-refractivity contribution in [1.82, 2.24) is 9.55 Å². The summed E-state index contributed by atoms with van der Waals surface area (Å²) in [5.41, 5.74) is 6.57. The van der Waals surface area contributed by atoms with E-state index in [0.29, 0.717) is 0 Å². The first-order chi connectivity index (χ1) is 9.93. The summed E-state index contributed by atoms with van der Waals surface area (Å²) in [6.07, 6.45) is -1.32. The Morgan fingerprint density at radius 1 is 1.67 bits per heavy atom. The number of rotatable bonds is 4. The monoisotopic (exact) mass is 295 g/mol. The average Bonchev–Trinajstić information content (AvgIpc) is 2.77. The summed E-state index contributed by atoms with van der Waals surface area (Å²) in [6.45, 7) is 1.13. The van der Waals surface area contributed by atoms with Crippen LogP contribution in [0.1, 0.15) is 29.9 Å². The SMILES string of the molecule is CC(=O)c1cn([C@@H]2CC(O)[C@H](CN=[N+]=[N-])O2)c(=O)[nH]c1=O. The molecule has 0 saturated carbocycles. The van der Waals surface area contributed by atoms with Gasteiger partial charge in [0.05, 0.1) is 24.3 Å². The molecule has 0 radical (unpaired) electrons. The molecule has 1 saturated heterocycles. The van der Waals surface area contributed by atoms with Crippen molar-refractivity contribution in [2.45, 2.75) is 31.8 Å². The molecule has 0 amide bonds. The highest BCUT2D eigenvalue weighted by atomic mass is 16.5. The fourth-order valence-electron chi connectivity index (χ4n) is 2.12. The molecule has 0 aliphatic carbocycles. The third-order valence-electron chi connectivity index (χ3n) is 3.19. The van der Waals surface area contributed by atoms with E-state index in [4.69, 9.17) is 10.3 Å². The lowest BCUT2D eigenvalue weighted by molar-refractivity contribution is -0.0151. The van der Waals surface area contributed by atoms with Crippen LogP contribution in [0.2, 0.25) is 0 Å². The molecule has 112 valence electrons. The van der Waals surface area contributed by atoms with Crippen molar-refractivity contribution >= 4 is 5.78 Å². The van der Waals surface area contributed by atoms with E-state index < -0.39 is 35.5 Å². The number of hydrogen-bond donors (Lipinski definition) is 2. The molecule has 1 unspecified atom stereocenters. The molecule has 21 heavy (non-hydrogen) atoms. The minimum atomic E-state index is -0.917. The summed E-state index contributed by atoms with van der Waals surface area (Å²) in [5, 5.41) is 13.1. The van der Waals surface area contributed by atoms with Crippen LogP contribution in [0.15, 0.2) is 20.9 Å². The van der Waals surface area contributed by atoms with Gasteiger partial charge in [-0.2, -0.15) is 0 Å². The maximum absolute atomic E-state index is 11.8. The van der Waals surface area contributed by atoms with Gasteiger partial charge in [-0.25, -0.2) is 4.79 Å². The number of H-pyrrole nitrogens is 1. The molecule has 10 heteroatoms. The minimum Gasteiger partial charge on any atom is -0.390 e. The van der Waals surface area contributed by atoms with E-state index in [-0.39, 0.29) is 18.5 Å². The van der Waals surface area contributed by atoms with E-state index in [1.54, 1.807) is 0 Å². The van der Waals surface area contributed by atoms with Gasteiger partial charge in [0.15, 0.2) is 5.78 Å². The van der Waals surface area contributed by atoms with Gasteiger partial charge < -0.3 is 9.84 Å². The second-order valence-electron chi connectivity index (χ2n) is 4.61. The Kier molecular flexibility index (Phi) is 4.22. The molecule has 2 N–H and O–H groups in total. The Bertz CT molecular complexity index is 716. The van der Waals surface area contributed by atoms with Crippen molar-refractivity contribution in [3.05, 3.63) is 43.0 Å². The number of aromatic amines is 1. The van der Waals surface area contributed by atoms with Gasteiger partial charge in [-0.1, -0.05) is 5.11 Å². The first-order valence-corrected chi connectivity index (χ1v) is 6.14. The predicted molar refractivity (Wildman–Crippen MR) is 69.9 cm³/mol. The molecule has 2 heterocycles. The maximum atomic E-state index is 11.8. The van der Waals surface area contributed by atoms with Gasteiger partial charge in [-0.05, 0) is 12.5 Å². The standard InChI is InChI=1S/C11H13N5O5/c1-5(17)6-4-16(11(20)14-10(6)19)9-2-7(18)8(21-9)3-13-15-12/h4,7-9,18H,2-3H2,1H3,(H,14,19,20)/t7?,8-,9-/m0/s1. The highest BCUT2D eigenvalue weighted by Crippen LogP contribution is 2.27. The Hall–Kier alpha value is -2.42. The maximum Gasteiger partial charge on any atom is 0.330 e. The van der Waals surface area contributed by atoms with E-state index >= 15 is 0 Å². The molecule has 2 rings (SSSR count). The second-order valence-corrected chi connectivity index (χ2v) is 4.61. The van der Waals surface area contributed by atoms with Gasteiger partial charge >= 0.3 is 5.69 Å². The third kappa shape index (κ3) is 3.02. The van der Waals surface area contributed by atoms with Crippen LogP contribution in [0, 0.1) is 0 Å². The van der Waals surface area contributed by atoms with Crippen LogP contribution >= 0.6 is 0 Å². The number of hydrogen-bond acceptors (Lipinski definition) is 6. The molecule has 3 atom stereocenters. The van der Waals surface area contributed by atoms with Gasteiger partial charge in [-0.3, -0.25) is 19.1 Å². The predicted octanol–water partition coefficient (Wildman–Crippen LogP) is -0.302. The minimum absolute atomic E-state index is 0.0775. The van der Waals surface area contributed by atoms with Gasteiger partial charge in [-0.15, -0.1) is 0 Å². The Labute approximate surface area is 117 Å². The van der Waals surface area contributed by atoms with Gasteiger partial charge in [0.1, 0.15) is 6.23 Å². The lowest BCUT2D eigenvalue weighted by Crippen LogP contribution is -2.35. The number of carbonyl (C=O) groups excluding carboxylic acids is 1. The Balaban J connectivity index is 2.33. The molecule has 1 aliphatic heterocycles. The summed E-state index contributed by atoms with van der Waals surface area (Å²) in [4.78, 5) is 39.2. The fourth-order valence-corrected chi connectivity index (χ4v) is 2.12. The molecular weight excluding hydrogens is 282 g/mol. The van der Waals surface area contributed by atoms with Crippen molar-refractivity contribution < 1.29 is 14.6 Å². The lowest BCUT2D eigenvalue weighted by Gasteiger charge is -2.14. The number of ether oxygens (including phenoxy) is 1. The van der Waals surface area contributed by atoms with Crippen molar-refractivity contribution in [1.29, 1.82) is 0 Å². The van der Waals surface area contributed by atoms with Gasteiger partial charge in [0.25, 0.3) is 5.56 Å². The smallest absolute Gasteiger partial charge is 0.330 e. The summed E-state index contributed by atoms with van der Waals surface area (Å²) >= 11 is 0. The van der Waals surface area contributed by atoms with Crippen LogP contribution in [-0.4, -0.2) is 39.2 Å². The zero-order valence-electron chi connectivity index (χ0n) is 11.1. The first-order valence-electron chi connectivity index (χ1n) is 6.14. The van der Waals surface area contributed by atoms with E-state index in [9.17, 15) is 19.5 Å². The van der Waals surface area contributed by atoms with E-state index in [1.165, 1.54) is 6.92 Å². The molecule has 1 aromatic heterocycles. The molecule has 1 aromatic rings. The van der Waals surface area contributed by atoms with Crippen LogP contribution in [-0.2, 0) is 4.74 Å². The van der Waals surface area contributed by atoms with Crippen molar-refractivity contribution in [3.63, 3.8) is 0 Å². The Morgan fingerprint density at radius 2 is 2.38 bits per heavy atom. The number of carbonyl (C=O) groups is 1. The van der Waals surface area contributed by atoms with E-state index in [2.05, 4.69) is 10.0 Å². The number of aromatic nitrogens is 2. The number of nitrogens with zero attached hydrogens (tertiary/aromatic N) is 4. The molecule has 0 bridgehead atoms. The summed E-state index contributed by atoms with van der Waals surface area (Å²) < 4.78 is 6.47. The van der Waals surface area contributed by atoms with Crippen molar-refractivity contribution in [2.75, 3.05) is 6.54 Å². The quantitative estimate of drug-likeness (QED) is 0.338. The van der Waals surface area contributed by atoms with Gasteiger partial charge in [0.2, 0.25) is 0 Å². The number of ketones is 1. The van der Waals surface area contributed by atoms with E-state index in [1.807, 2.05) is 4.98 Å². The molecule has 10 nitrogen and oxygen atoms in total. The summed E-state index contributed by atoms with van der Waals surface area (Å²) in [5.74, 6) is -0.492. The molecular formula is C11H13N5O5. The van der Waals surface area contributed by atoms with Crippen molar-refractivity contribution in [3.8, 4) is 0 Å². The average molecular weight is 295 g/mol. The number of Topliss-reactive ketones (excluding diaryl/α,β-unsaturated/α-hetero) is 1. The molecule has 0 spiro atoms. The van der Waals surface area contributed by atoms with Crippen LogP contribution in [0.5, 0.6) is 0 Å². The lowest BCUT2D eigenvalue weighted by atomic mass is 10.2. The van der Waals surface area contributed by atoms with Crippen LogP contribution in [0.4, 0.5) is 0 Å². The fraction of sp³-hybridized carbons (Fsp3) is 0.545. The zero-order chi connectivity index (χ0) is 15.6. The topological polar surface area (TPSA) is 150 Å². The highest BCUT2D eigenvalue weighted by molar-refractivity contribution is 5.93. The Morgan fingerprint density at radius 3 is 3.00 bits per heavy atom. The number of aliphatic hydroxyl groups is 1.